The van der Waals surface area contributed by atoms with Gasteiger partial charge in [0.25, 0.3) is 0 Å². The molecule has 1 nitrogen and oxygen atoms in total. The second kappa shape index (κ2) is 5.08. The fourth-order valence-electron chi connectivity index (χ4n) is 3.18. The lowest BCUT2D eigenvalue weighted by molar-refractivity contribution is -0.0742. The summed E-state index contributed by atoms with van der Waals surface area (Å²) in [6, 6.07) is 0. The van der Waals surface area contributed by atoms with Crippen molar-refractivity contribution in [1.82, 2.24) is 4.90 Å². The highest BCUT2D eigenvalue weighted by atomic mass is 15.2. The van der Waals surface area contributed by atoms with Gasteiger partial charge in [0, 0.05) is 5.54 Å². The van der Waals surface area contributed by atoms with Gasteiger partial charge >= 0.3 is 0 Å². The van der Waals surface area contributed by atoms with Crippen molar-refractivity contribution < 1.29 is 0 Å². The van der Waals surface area contributed by atoms with Crippen LogP contribution in [0.3, 0.4) is 0 Å². The topological polar surface area (TPSA) is 3.24 Å². The van der Waals surface area contributed by atoms with E-state index < -0.39 is 0 Å². The van der Waals surface area contributed by atoms with E-state index in [0.717, 1.165) is 0 Å². The van der Waals surface area contributed by atoms with Gasteiger partial charge in [0.2, 0.25) is 0 Å². The molecule has 0 spiro atoms. The molecule has 0 amide bonds. The van der Waals surface area contributed by atoms with Gasteiger partial charge in [-0.3, -0.25) is 0 Å². The summed E-state index contributed by atoms with van der Waals surface area (Å²) >= 11 is 0. The molecular formula is C15H33N. The third kappa shape index (κ3) is 2.16. The third-order valence-electron chi connectivity index (χ3n) is 5.95. The van der Waals surface area contributed by atoms with Gasteiger partial charge in [0.05, 0.1) is 0 Å². The Labute approximate surface area is 104 Å². The molecule has 0 aliphatic heterocycles. The zero-order valence-corrected chi connectivity index (χ0v) is 13.1. The Kier molecular flexibility index (Phi) is 5.07. The molecule has 0 fully saturated rings. The molecule has 0 bridgehead atoms. The Morgan fingerprint density at radius 1 is 0.750 bits per heavy atom. The fraction of sp³-hybridized carbons (Fsp3) is 1.00. The van der Waals surface area contributed by atoms with E-state index in [1.807, 2.05) is 0 Å². The SMILES string of the molecule is CCC(C)(C)C(C)(CC)C(C)(CC)N(C)C. The van der Waals surface area contributed by atoms with Gasteiger partial charge in [-0.05, 0) is 44.7 Å². The van der Waals surface area contributed by atoms with Gasteiger partial charge in [-0.25, -0.2) is 0 Å². The molecule has 0 saturated heterocycles. The van der Waals surface area contributed by atoms with Crippen LogP contribution >= 0.6 is 0 Å². The lowest BCUT2D eigenvalue weighted by Crippen LogP contribution is -2.59. The van der Waals surface area contributed by atoms with Crippen molar-refractivity contribution in [3.05, 3.63) is 0 Å². The number of hydrogen-bond acceptors (Lipinski definition) is 1. The fourth-order valence-corrected chi connectivity index (χ4v) is 3.18. The molecule has 0 aromatic carbocycles. The Morgan fingerprint density at radius 2 is 1.19 bits per heavy atom. The maximum atomic E-state index is 2.47. The van der Waals surface area contributed by atoms with Crippen molar-refractivity contribution in [2.24, 2.45) is 10.8 Å². The summed E-state index contributed by atoms with van der Waals surface area (Å²) in [4.78, 5) is 2.42. The molecule has 0 radical (unpaired) electrons. The molecule has 0 aliphatic carbocycles. The zero-order chi connectivity index (χ0) is 13.2. The van der Waals surface area contributed by atoms with Crippen LogP contribution in [-0.4, -0.2) is 24.5 Å². The molecule has 0 aromatic rings. The van der Waals surface area contributed by atoms with Crippen LogP contribution in [0, 0.1) is 10.8 Å². The summed E-state index contributed by atoms with van der Waals surface area (Å²) < 4.78 is 0. The van der Waals surface area contributed by atoms with Crippen LogP contribution in [0.15, 0.2) is 0 Å². The van der Waals surface area contributed by atoms with Crippen LogP contribution in [0.2, 0.25) is 0 Å². The first-order valence-electron chi connectivity index (χ1n) is 6.80. The zero-order valence-electron chi connectivity index (χ0n) is 13.1. The van der Waals surface area contributed by atoms with Crippen molar-refractivity contribution in [2.75, 3.05) is 14.1 Å². The molecule has 2 atom stereocenters. The first kappa shape index (κ1) is 16.0. The average Bonchev–Trinajstić information content (AvgIpc) is 2.25. The monoisotopic (exact) mass is 227 g/mol. The number of hydrogen-bond donors (Lipinski definition) is 0. The minimum Gasteiger partial charge on any atom is -0.303 e. The van der Waals surface area contributed by atoms with Crippen LogP contribution in [0.4, 0.5) is 0 Å². The third-order valence-corrected chi connectivity index (χ3v) is 5.95. The van der Waals surface area contributed by atoms with Crippen molar-refractivity contribution in [1.29, 1.82) is 0 Å². The predicted octanol–water partition coefficient (Wildman–Crippen LogP) is 4.57. The molecule has 0 rings (SSSR count). The van der Waals surface area contributed by atoms with Gasteiger partial charge < -0.3 is 4.90 Å². The smallest absolute Gasteiger partial charge is 0.0231 e. The van der Waals surface area contributed by atoms with Gasteiger partial charge in [-0.15, -0.1) is 0 Å². The standard InChI is InChI=1S/C15H33N/c1-10-13(4,5)14(6,11-2)15(7,12-3)16(8)9/h10-12H2,1-9H3. The van der Waals surface area contributed by atoms with Gasteiger partial charge in [-0.2, -0.15) is 0 Å². The Morgan fingerprint density at radius 3 is 1.38 bits per heavy atom. The highest BCUT2D eigenvalue weighted by molar-refractivity contribution is 5.04. The molecule has 1 heteroatoms. The molecule has 16 heavy (non-hydrogen) atoms. The van der Waals surface area contributed by atoms with Crippen LogP contribution in [0.25, 0.3) is 0 Å². The van der Waals surface area contributed by atoms with E-state index in [1.54, 1.807) is 0 Å². The minimum absolute atomic E-state index is 0.265. The molecule has 2 unspecified atom stereocenters. The maximum absolute atomic E-state index is 2.47. The first-order valence-corrected chi connectivity index (χ1v) is 6.80. The lowest BCUT2D eigenvalue weighted by Gasteiger charge is -2.58. The predicted molar refractivity (Wildman–Crippen MR) is 74.9 cm³/mol. The van der Waals surface area contributed by atoms with Crippen molar-refractivity contribution in [3.8, 4) is 0 Å². The molecule has 98 valence electrons. The van der Waals surface area contributed by atoms with Crippen LogP contribution in [0.1, 0.15) is 67.7 Å². The van der Waals surface area contributed by atoms with Gasteiger partial charge in [0.15, 0.2) is 0 Å². The van der Waals surface area contributed by atoms with Crippen molar-refractivity contribution >= 4 is 0 Å². The molecule has 0 N–H and O–H groups in total. The molecular weight excluding hydrogens is 194 g/mol. The minimum atomic E-state index is 0.265. The van der Waals surface area contributed by atoms with Crippen LogP contribution < -0.4 is 0 Å². The second-order valence-corrected chi connectivity index (χ2v) is 6.44. The van der Waals surface area contributed by atoms with Gasteiger partial charge in [0.1, 0.15) is 0 Å². The van der Waals surface area contributed by atoms with E-state index in [4.69, 9.17) is 0 Å². The van der Waals surface area contributed by atoms with Crippen molar-refractivity contribution in [3.63, 3.8) is 0 Å². The summed E-state index contributed by atoms with van der Waals surface area (Å²) in [5, 5.41) is 0. The first-order chi connectivity index (χ1) is 7.13. The van der Waals surface area contributed by atoms with Crippen LogP contribution in [0.5, 0.6) is 0 Å². The van der Waals surface area contributed by atoms with E-state index in [0.29, 0.717) is 10.8 Å². The highest BCUT2D eigenvalue weighted by Gasteiger charge is 2.51. The van der Waals surface area contributed by atoms with E-state index in [1.165, 1.54) is 19.3 Å². The van der Waals surface area contributed by atoms with Gasteiger partial charge in [-0.1, -0.05) is 48.0 Å². The number of rotatable bonds is 6. The Hall–Kier alpha value is -0.0400. The van der Waals surface area contributed by atoms with E-state index >= 15 is 0 Å². The highest BCUT2D eigenvalue weighted by Crippen LogP contribution is 2.54. The summed E-state index contributed by atoms with van der Waals surface area (Å²) in [7, 11) is 4.45. The lowest BCUT2D eigenvalue weighted by atomic mass is 9.53. The number of nitrogens with zero attached hydrogens (tertiary/aromatic N) is 1. The molecule has 0 aliphatic rings. The quantitative estimate of drug-likeness (QED) is 0.642. The van der Waals surface area contributed by atoms with E-state index in [9.17, 15) is 0 Å². The summed E-state index contributed by atoms with van der Waals surface area (Å²) in [6.45, 7) is 16.7. The summed E-state index contributed by atoms with van der Waals surface area (Å²) in [6.07, 6.45) is 3.67. The van der Waals surface area contributed by atoms with Crippen LogP contribution in [-0.2, 0) is 0 Å². The molecule has 0 saturated carbocycles. The van der Waals surface area contributed by atoms with Crippen molar-refractivity contribution in [2.45, 2.75) is 73.3 Å². The van der Waals surface area contributed by atoms with E-state index in [2.05, 4.69) is 67.5 Å². The summed E-state index contributed by atoms with van der Waals surface area (Å²) in [5.41, 5.74) is 0.977. The van der Waals surface area contributed by atoms with E-state index in [-0.39, 0.29) is 5.54 Å². The average molecular weight is 227 g/mol. The maximum Gasteiger partial charge on any atom is 0.0231 e. The normalized spacial score (nSPS) is 20.6. The molecule has 0 heterocycles. The Balaban J connectivity index is 5.54. The largest absolute Gasteiger partial charge is 0.303 e. The Bertz CT molecular complexity index is 219. The summed E-state index contributed by atoms with van der Waals surface area (Å²) in [5.74, 6) is 0. The second-order valence-electron chi connectivity index (χ2n) is 6.44. The molecule has 0 aromatic heterocycles.